The number of nitrogens with one attached hydrogen (secondary N) is 1. The average molecular weight is 231 g/mol. The van der Waals surface area contributed by atoms with Crippen LogP contribution in [0.25, 0.3) is 11.0 Å². The van der Waals surface area contributed by atoms with Crippen molar-refractivity contribution in [2.75, 3.05) is 6.61 Å². The molecule has 2 aromatic rings. The summed E-state index contributed by atoms with van der Waals surface area (Å²) >= 11 is 0. The smallest absolute Gasteiger partial charge is 0.251 e. The van der Waals surface area contributed by atoms with Crippen LogP contribution in [0, 0.1) is 0 Å². The fraction of sp³-hybridized carbons (Fsp3) is 0.250. The predicted octanol–water partition coefficient (Wildman–Crippen LogP) is 0.740. The molecule has 88 valence electrons. The molecule has 0 bridgehead atoms. The highest BCUT2D eigenvalue weighted by atomic mass is 16.3. The monoisotopic (exact) mass is 231 g/mol. The van der Waals surface area contributed by atoms with Crippen LogP contribution in [-0.4, -0.2) is 33.6 Å². The minimum Gasteiger partial charge on any atom is -0.394 e. The van der Waals surface area contributed by atoms with Crippen LogP contribution in [0.3, 0.4) is 0 Å². The molecule has 2 rings (SSSR count). The van der Waals surface area contributed by atoms with Gasteiger partial charge in [0.05, 0.1) is 17.6 Å². The van der Waals surface area contributed by atoms with Crippen molar-refractivity contribution in [3.05, 3.63) is 36.2 Å². The lowest BCUT2D eigenvalue weighted by molar-refractivity contribution is 0.0922. The number of hydrogen-bond acceptors (Lipinski definition) is 4. The molecule has 1 atom stereocenters. The fourth-order valence-corrected chi connectivity index (χ4v) is 1.46. The van der Waals surface area contributed by atoms with Gasteiger partial charge in [-0.3, -0.25) is 14.8 Å². The van der Waals surface area contributed by atoms with E-state index in [2.05, 4.69) is 15.3 Å². The van der Waals surface area contributed by atoms with Crippen molar-refractivity contribution in [1.82, 2.24) is 15.3 Å². The van der Waals surface area contributed by atoms with Gasteiger partial charge in [-0.15, -0.1) is 0 Å². The molecule has 0 saturated heterocycles. The second-order valence-electron chi connectivity index (χ2n) is 3.82. The van der Waals surface area contributed by atoms with E-state index in [1.165, 1.54) is 0 Å². The third-order valence-corrected chi connectivity index (χ3v) is 2.38. The number of carbonyl (C=O) groups excluding carboxylic acids is 1. The topological polar surface area (TPSA) is 75.1 Å². The Labute approximate surface area is 98.5 Å². The SMILES string of the molecule is C[C@@H](CO)NC(=O)c1ccc2nccnc2c1. The third-order valence-electron chi connectivity index (χ3n) is 2.38. The van der Waals surface area contributed by atoms with Gasteiger partial charge in [-0.25, -0.2) is 0 Å². The maximum atomic E-state index is 11.8. The minimum absolute atomic E-state index is 0.0842. The van der Waals surface area contributed by atoms with Gasteiger partial charge in [0.1, 0.15) is 0 Å². The van der Waals surface area contributed by atoms with Gasteiger partial charge in [-0.2, -0.15) is 0 Å². The number of aliphatic hydroxyl groups excluding tert-OH is 1. The molecule has 17 heavy (non-hydrogen) atoms. The van der Waals surface area contributed by atoms with Gasteiger partial charge in [0, 0.05) is 24.0 Å². The first-order chi connectivity index (χ1) is 8.20. The van der Waals surface area contributed by atoms with Gasteiger partial charge in [0.15, 0.2) is 0 Å². The quantitative estimate of drug-likeness (QED) is 0.817. The number of hydrogen-bond donors (Lipinski definition) is 2. The molecule has 5 nitrogen and oxygen atoms in total. The number of rotatable bonds is 3. The normalized spacial score (nSPS) is 12.4. The summed E-state index contributed by atoms with van der Waals surface area (Å²) in [6, 6.07) is 4.86. The fourth-order valence-electron chi connectivity index (χ4n) is 1.46. The molecule has 1 heterocycles. The molecule has 0 fully saturated rings. The van der Waals surface area contributed by atoms with E-state index in [0.717, 1.165) is 5.52 Å². The third kappa shape index (κ3) is 2.57. The van der Waals surface area contributed by atoms with Crippen molar-refractivity contribution in [1.29, 1.82) is 0 Å². The summed E-state index contributed by atoms with van der Waals surface area (Å²) in [7, 11) is 0. The summed E-state index contributed by atoms with van der Waals surface area (Å²) in [4.78, 5) is 20.0. The van der Waals surface area contributed by atoms with Gasteiger partial charge < -0.3 is 10.4 Å². The number of fused-ring (bicyclic) bond motifs is 1. The predicted molar refractivity (Wildman–Crippen MR) is 63.6 cm³/mol. The number of benzene rings is 1. The van der Waals surface area contributed by atoms with E-state index in [1.807, 2.05) is 0 Å². The number of aromatic nitrogens is 2. The number of carbonyl (C=O) groups is 1. The lowest BCUT2D eigenvalue weighted by Gasteiger charge is -2.10. The Hall–Kier alpha value is -2.01. The summed E-state index contributed by atoms with van der Waals surface area (Å²) in [5.41, 5.74) is 1.94. The highest BCUT2D eigenvalue weighted by Crippen LogP contribution is 2.10. The molecule has 0 aliphatic carbocycles. The maximum absolute atomic E-state index is 11.8. The van der Waals surface area contributed by atoms with Crippen LogP contribution in [0.4, 0.5) is 0 Å². The average Bonchev–Trinajstić information content (AvgIpc) is 2.38. The second kappa shape index (κ2) is 4.88. The zero-order valence-electron chi connectivity index (χ0n) is 9.42. The molecule has 5 heteroatoms. The van der Waals surface area contributed by atoms with E-state index in [1.54, 1.807) is 37.5 Å². The number of amides is 1. The molecular weight excluding hydrogens is 218 g/mol. The zero-order chi connectivity index (χ0) is 12.3. The molecule has 0 spiro atoms. The molecule has 1 aromatic heterocycles. The molecule has 0 aliphatic heterocycles. The van der Waals surface area contributed by atoms with Crippen molar-refractivity contribution in [2.24, 2.45) is 0 Å². The lowest BCUT2D eigenvalue weighted by atomic mass is 10.1. The van der Waals surface area contributed by atoms with Gasteiger partial charge in [-0.1, -0.05) is 0 Å². The first-order valence-corrected chi connectivity index (χ1v) is 5.33. The van der Waals surface area contributed by atoms with E-state index in [-0.39, 0.29) is 18.6 Å². The summed E-state index contributed by atoms with van der Waals surface area (Å²) in [5, 5.41) is 11.5. The number of aliphatic hydroxyl groups is 1. The van der Waals surface area contributed by atoms with E-state index >= 15 is 0 Å². The van der Waals surface area contributed by atoms with Crippen molar-refractivity contribution < 1.29 is 9.90 Å². The minimum atomic E-state index is -0.264. The summed E-state index contributed by atoms with van der Waals surface area (Å²) < 4.78 is 0. The summed E-state index contributed by atoms with van der Waals surface area (Å²) in [5.74, 6) is -0.223. The molecule has 0 saturated carbocycles. The second-order valence-corrected chi connectivity index (χ2v) is 3.82. The number of nitrogens with zero attached hydrogens (tertiary/aromatic N) is 2. The van der Waals surface area contributed by atoms with Crippen molar-refractivity contribution in [2.45, 2.75) is 13.0 Å². The maximum Gasteiger partial charge on any atom is 0.251 e. The lowest BCUT2D eigenvalue weighted by Crippen LogP contribution is -2.34. The van der Waals surface area contributed by atoms with Crippen molar-refractivity contribution in [3.8, 4) is 0 Å². The summed E-state index contributed by atoms with van der Waals surface area (Å²) in [6.07, 6.45) is 3.19. The highest BCUT2D eigenvalue weighted by Gasteiger charge is 2.09. The molecule has 0 aliphatic rings. The van der Waals surface area contributed by atoms with Crippen LogP contribution in [-0.2, 0) is 0 Å². The standard InChI is InChI=1S/C12H13N3O2/c1-8(7-16)15-12(17)9-2-3-10-11(6-9)14-5-4-13-10/h2-6,8,16H,7H2,1H3,(H,15,17)/t8-/m0/s1. The molecular formula is C12H13N3O2. The van der Waals surface area contributed by atoms with Gasteiger partial charge in [-0.05, 0) is 25.1 Å². The molecule has 1 amide bonds. The first kappa shape index (κ1) is 11.5. The van der Waals surface area contributed by atoms with Crippen molar-refractivity contribution in [3.63, 3.8) is 0 Å². The van der Waals surface area contributed by atoms with E-state index in [4.69, 9.17) is 5.11 Å². The Kier molecular flexibility index (Phi) is 3.30. The van der Waals surface area contributed by atoms with E-state index in [0.29, 0.717) is 11.1 Å². The molecule has 0 radical (unpaired) electrons. The first-order valence-electron chi connectivity index (χ1n) is 5.33. The van der Waals surface area contributed by atoms with Crippen LogP contribution in [0.1, 0.15) is 17.3 Å². The van der Waals surface area contributed by atoms with Crippen LogP contribution >= 0.6 is 0 Å². The van der Waals surface area contributed by atoms with Crippen LogP contribution in [0.5, 0.6) is 0 Å². The summed E-state index contributed by atoms with van der Waals surface area (Å²) in [6.45, 7) is 1.65. The van der Waals surface area contributed by atoms with Gasteiger partial charge in [0.2, 0.25) is 0 Å². The van der Waals surface area contributed by atoms with E-state index in [9.17, 15) is 4.79 Å². The molecule has 1 aromatic carbocycles. The Bertz CT molecular complexity index is 542. The van der Waals surface area contributed by atoms with Crippen LogP contribution in [0.15, 0.2) is 30.6 Å². The van der Waals surface area contributed by atoms with Crippen LogP contribution < -0.4 is 5.32 Å². The molecule has 2 N–H and O–H groups in total. The van der Waals surface area contributed by atoms with Gasteiger partial charge >= 0.3 is 0 Å². The highest BCUT2D eigenvalue weighted by molar-refractivity contribution is 5.97. The molecule has 0 unspecified atom stereocenters. The van der Waals surface area contributed by atoms with E-state index < -0.39 is 0 Å². The largest absolute Gasteiger partial charge is 0.394 e. The Morgan fingerprint density at radius 3 is 2.76 bits per heavy atom. The van der Waals surface area contributed by atoms with Crippen molar-refractivity contribution >= 4 is 16.9 Å². The van der Waals surface area contributed by atoms with Crippen LogP contribution in [0.2, 0.25) is 0 Å². The zero-order valence-corrected chi connectivity index (χ0v) is 9.42. The Balaban J connectivity index is 2.27. The Morgan fingerprint density at radius 2 is 2.06 bits per heavy atom. The van der Waals surface area contributed by atoms with Gasteiger partial charge in [0.25, 0.3) is 5.91 Å². The Morgan fingerprint density at radius 1 is 1.35 bits per heavy atom.